The van der Waals surface area contributed by atoms with E-state index in [0.29, 0.717) is 17.4 Å². The van der Waals surface area contributed by atoms with Crippen LogP contribution in [-0.4, -0.2) is 33.4 Å². The van der Waals surface area contributed by atoms with Crippen molar-refractivity contribution in [1.29, 1.82) is 0 Å². The van der Waals surface area contributed by atoms with Crippen LogP contribution in [0.2, 0.25) is 4.34 Å². The third kappa shape index (κ3) is 4.44. The minimum Gasteiger partial charge on any atom is -0.384 e. The van der Waals surface area contributed by atoms with Gasteiger partial charge in [0.05, 0.1) is 10.9 Å². The highest BCUT2D eigenvalue weighted by Crippen LogP contribution is 2.22. The predicted molar refractivity (Wildman–Crippen MR) is 105 cm³/mol. The second kappa shape index (κ2) is 8.20. The molecule has 0 aliphatic rings. The number of Topliss-reactive ketones (excluding diaryl/α,β-unsaturated/α-hetero) is 1. The topological polar surface area (TPSA) is 90.3 Å². The molecule has 2 heterocycles. The van der Waals surface area contributed by atoms with Gasteiger partial charge in [0.1, 0.15) is 11.4 Å². The van der Waals surface area contributed by atoms with Gasteiger partial charge in [0.15, 0.2) is 5.78 Å². The number of nitrogens with two attached hydrogens (primary N) is 1. The van der Waals surface area contributed by atoms with Gasteiger partial charge in [0.25, 0.3) is 5.56 Å². The quantitative estimate of drug-likeness (QED) is 0.718. The number of nitrogens with zero attached hydrogens (tertiary/aromatic N) is 3. The first-order chi connectivity index (χ1) is 12.1. The number of halogens is 1. The number of rotatable bonds is 7. The van der Waals surface area contributed by atoms with E-state index in [1.54, 1.807) is 18.0 Å². The maximum atomic E-state index is 12.7. The summed E-state index contributed by atoms with van der Waals surface area (Å²) in [6.07, 6.45) is 0. The van der Waals surface area contributed by atoms with Crippen LogP contribution in [0.4, 0.5) is 5.82 Å². The number of ketones is 1. The second-order valence-electron chi connectivity index (χ2n) is 6.71. The Labute approximate surface area is 160 Å². The number of carbonyl (C=O) groups is 1. The van der Waals surface area contributed by atoms with Gasteiger partial charge in [-0.25, -0.2) is 4.79 Å². The van der Waals surface area contributed by atoms with Crippen molar-refractivity contribution in [2.24, 2.45) is 13.0 Å². The molecular weight excluding hydrogens is 376 g/mol. The SMILES string of the molecule is CC(C)Cn1c(N)c(C(=O)CN(C)Cc2ccc(Cl)s2)c(=O)n(C)c1=O. The smallest absolute Gasteiger partial charge is 0.332 e. The fourth-order valence-electron chi connectivity index (χ4n) is 2.67. The van der Waals surface area contributed by atoms with Gasteiger partial charge in [-0.3, -0.25) is 23.6 Å². The lowest BCUT2D eigenvalue weighted by Crippen LogP contribution is -2.44. The Kier molecular flexibility index (Phi) is 6.44. The molecule has 0 radical (unpaired) electrons. The molecule has 142 valence electrons. The summed E-state index contributed by atoms with van der Waals surface area (Å²) in [5.41, 5.74) is 4.72. The Hall–Kier alpha value is -1.90. The first-order valence-electron chi connectivity index (χ1n) is 8.17. The maximum absolute atomic E-state index is 12.7. The summed E-state index contributed by atoms with van der Waals surface area (Å²) >= 11 is 7.35. The Morgan fingerprint density at radius 2 is 2.00 bits per heavy atom. The number of anilines is 1. The van der Waals surface area contributed by atoms with Crippen LogP contribution >= 0.6 is 22.9 Å². The normalized spacial score (nSPS) is 11.5. The van der Waals surface area contributed by atoms with E-state index in [1.165, 1.54) is 23.0 Å². The summed E-state index contributed by atoms with van der Waals surface area (Å²) in [7, 11) is 3.13. The van der Waals surface area contributed by atoms with Gasteiger partial charge in [-0.05, 0) is 25.1 Å². The Bertz CT molecular complexity index is 929. The van der Waals surface area contributed by atoms with Crippen molar-refractivity contribution in [3.63, 3.8) is 0 Å². The fourth-order valence-corrected chi connectivity index (χ4v) is 3.84. The first-order valence-corrected chi connectivity index (χ1v) is 9.36. The molecular formula is C17H23ClN4O3S. The Morgan fingerprint density at radius 3 is 2.54 bits per heavy atom. The van der Waals surface area contributed by atoms with Crippen LogP contribution in [-0.2, 0) is 20.1 Å². The van der Waals surface area contributed by atoms with E-state index in [-0.39, 0.29) is 23.8 Å². The zero-order chi connectivity index (χ0) is 19.6. The third-order valence-electron chi connectivity index (χ3n) is 3.88. The number of thiophene rings is 1. The molecule has 0 atom stereocenters. The molecule has 2 aromatic rings. The molecule has 0 aromatic carbocycles. The minimum absolute atomic E-state index is 0.00877. The van der Waals surface area contributed by atoms with E-state index in [2.05, 4.69) is 0 Å². The lowest BCUT2D eigenvalue weighted by molar-refractivity contribution is 0.0941. The fraction of sp³-hybridized carbons (Fsp3) is 0.471. The van der Waals surface area contributed by atoms with E-state index in [1.807, 2.05) is 19.9 Å². The van der Waals surface area contributed by atoms with Crippen molar-refractivity contribution in [3.8, 4) is 0 Å². The van der Waals surface area contributed by atoms with Crippen molar-refractivity contribution >= 4 is 34.5 Å². The Balaban J connectivity index is 2.31. The number of carbonyl (C=O) groups excluding carboxylic acids is 1. The average molecular weight is 399 g/mol. The highest BCUT2D eigenvalue weighted by atomic mass is 35.5. The summed E-state index contributed by atoms with van der Waals surface area (Å²) in [6, 6.07) is 3.69. The van der Waals surface area contributed by atoms with Gasteiger partial charge < -0.3 is 5.73 Å². The second-order valence-corrected chi connectivity index (χ2v) is 8.51. The molecule has 26 heavy (non-hydrogen) atoms. The summed E-state index contributed by atoms with van der Waals surface area (Å²) in [4.78, 5) is 40.3. The third-order valence-corrected chi connectivity index (χ3v) is 5.09. The molecule has 7 nitrogen and oxygen atoms in total. The zero-order valence-electron chi connectivity index (χ0n) is 15.3. The van der Waals surface area contributed by atoms with Crippen LogP contribution in [0.25, 0.3) is 0 Å². The number of aromatic nitrogens is 2. The molecule has 0 spiro atoms. The monoisotopic (exact) mass is 398 g/mol. The van der Waals surface area contributed by atoms with E-state index in [9.17, 15) is 14.4 Å². The standard InChI is InChI=1S/C17H23ClN4O3S/c1-10(2)7-22-15(19)14(16(24)21(4)17(22)25)12(23)9-20(3)8-11-5-6-13(18)26-11/h5-6,10H,7-9,19H2,1-4H3. The van der Waals surface area contributed by atoms with Crippen LogP contribution in [0.5, 0.6) is 0 Å². The van der Waals surface area contributed by atoms with Gasteiger partial charge >= 0.3 is 5.69 Å². The molecule has 2 aromatic heterocycles. The van der Waals surface area contributed by atoms with Gasteiger partial charge in [0.2, 0.25) is 0 Å². The van der Waals surface area contributed by atoms with E-state index in [4.69, 9.17) is 17.3 Å². The molecule has 0 aliphatic carbocycles. The lowest BCUT2D eigenvalue weighted by atomic mass is 10.1. The van der Waals surface area contributed by atoms with Gasteiger partial charge in [-0.15, -0.1) is 11.3 Å². The molecule has 0 unspecified atom stereocenters. The minimum atomic E-state index is -0.662. The number of nitrogen functional groups attached to an aromatic ring is 1. The van der Waals surface area contributed by atoms with Crippen molar-refractivity contribution in [2.45, 2.75) is 26.9 Å². The highest BCUT2D eigenvalue weighted by Gasteiger charge is 2.22. The van der Waals surface area contributed by atoms with Crippen LogP contribution < -0.4 is 17.0 Å². The van der Waals surface area contributed by atoms with E-state index in [0.717, 1.165) is 9.44 Å². The molecule has 2 rings (SSSR count). The van der Waals surface area contributed by atoms with E-state index >= 15 is 0 Å². The van der Waals surface area contributed by atoms with Gasteiger partial charge in [0, 0.05) is 25.0 Å². The number of hydrogen-bond donors (Lipinski definition) is 1. The Morgan fingerprint density at radius 1 is 1.35 bits per heavy atom. The molecule has 0 aliphatic heterocycles. The van der Waals surface area contributed by atoms with Crippen LogP contribution in [0.3, 0.4) is 0 Å². The summed E-state index contributed by atoms with van der Waals surface area (Å²) in [6.45, 7) is 4.73. The number of hydrogen-bond acceptors (Lipinski definition) is 6. The summed E-state index contributed by atoms with van der Waals surface area (Å²) < 4.78 is 2.90. The van der Waals surface area contributed by atoms with Crippen molar-refractivity contribution in [3.05, 3.63) is 47.7 Å². The van der Waals surface area contributed by atoms with Crippen molar-refractivity contribution < 1.29 is 4.79 Å². The molecule has 0 fully saturated rings. The van der Waals surface area contributed by atoms with Crippen LogP contribution in [0.1, 0.15) is 29.1 Å². The largest absolute Gasteiger partial charge is 0.384 e. The molecule has 0 saturated heterocycles. The van der Waals surface area contributed by atoms with Crippen LogP contribution in [0.15, 0.2) is 21.7 Å². The van der Waals surface area contributed by atoms with Gasteiger partial charge in [-0.1, -0.05) is 25.4 Å². The average Bonchev–Trinajstić information content (AvgIpc) is 2.94. The predicted octanol–water partition coefficient (Wildman–Crippen LogP) is 1.81. The molecule has 0 saturated carbocycles. The van der Waals surface area contributed by atoms with Crippen LogP contribution in [0, 0.1) is 5.92 Å². The highest BCUT2D eigenvalue weighted by molar-refractivity contribution is 7.16. The maximum Gasteiger partial charge on any atom is 0.332 e. The van der Waals surface area contributed by atoms with E-state index < -0.39 is 17.0 Å². The number of likely N-dealkylation sites (N-methyl/N-ethyl adjacent to an activating group) is 1. The summed E-state index contributed by atoms with van der Waals surface area (Å²) in [5.74, 6) is -0.336. The first kappa shape index (κ1) is 20.4. The van der Waals surface area contributed by atoms with Crippen molar-refractivity contribution in [1.82, 2.24) is 14.0 Å². The molecule has 9 heteroatoms. The molecule has 0 bridgehead atoms. The van der Waals surface area contributed by atoms with Gasteiger partial charge in [-0.2, -0.15) is 0 Å². The molecule has 0 amide bonds. The lowest BCUT2D eigenvalue weighted by Gasteiger charge is -2.18. The van der Waals surface area contributed by atoms with Crippen molar-refractivity contribution in [2.75, 3.05) is 19.3 Å². The zero-order valence-corrected chi connectivity index (χ0v) is 16.9. The summed E-state index contributed by atoms with van der Waals surface area (Å²) in [5, 5.41) is 0. The molecule has 2 N–H and O–H groups in total.